The number of aromatic nitrogens is 1. The lowest BCUT2D eigenvalue weighted by atomic mass is 10.1. The molecule has 2 aromatic rings. The number of carboxylic acids is 1. The van der Waals surface area contributed by atoms with Crippen LogP contribution < -0.4 is 0 Å². The third-order valence-electron chi connectivity index (χ3n) is 4.41. The first-order valence-corrected chi connectivity index (χ1v) is 7.53. The van der Waals surface area contributed by atoms with Crippen molar-refractivity contribution in [3.63, 3.8) is 0 Å². The molecule has 0 radical (unpaired) electrons. The Hall–Kier alpha value is -1.77. The molecule has 1 N–H and O–H groups in total. The topological polar surface area (TPSA) is 42.2 Å². The second-order valence-corrected chi connectivity index (χ2v) is 5.85. The van der Waals surface area contributed by atoms with Crippen LogP contribution in [0.5, 0.6) is 0 Å². The van der Waals surface area contributed by atoms with Gasteiger partial charge in [0.15, 0.2) is 0 Å². The molecule has 0 aliphatic heterocycles. The van der Waals surface area contributed by atoms with E-state index in [2.05, 4.69) is 28.8 Å². The number of carbonyl (C=O) groups is 1. The number of rotatable bonds is 5. The van der Waals surface area contributed by atoms with E-state index in [0.29, 0.717) is 6.42 Å². The smallest absolute Gasteiger partial charge is 0.303 e. The highest BCUT2D eigenvalue weighted by Gasteiger charge is 2.18. The number of nitrogens with zero attached hydrogens (tertiary/aromatic N) is 1. The van der Waals surface area contributed by atoms with E-state index < -0.39 is 5.97 Å². The van der Waals surface area contributed by atoms with E-state index in [-0.39, 0.29) is 6.42 Å². The zero-order valence-corrected chi connectivity index (χ0v) is 11.7. The molecule has 106 valence electrons. The van der Waals surface area contributed by atoms with Gasteiger partial charge in [0.2, 0.25) is 0 Å². The van der Waals surface area contributed by atoms with Crippen molar-refractivity contribution < 1.29 is 9.90 Å². The predicted molar refractivity (Wildman–Crippen MR) is 79.9 cm³/mol. The maximum Gasteiger partial charge on any atom is 0.303 e. The third kappa shape index (κ3) is 2.72. The number of aliphatic carboxylic acids is 1. The van der Waals surface area contributed by atoms with Crippen molar-refractivity contribution in [2.24, 2.45) is 5.92 Å². The van der Waals surface area contributed by atoms with Gasteiger partial charge >= 0.3 is 5.97 Å². The Morgan fingerprint density at radius 2 is 2.00 bits per heavy atom. The second kappa shape index (κ2) is 5.70. The molecular weight excluding hydrogens is 250 g/mol. The van der Waals surface area contributed by atoms with Gasteiger partial charge < -0.3 is 9.67 Å². The van der Waals surface area contributed by atoms with Crippen molar-refractivity contribution in [2.75, 3.05) is 0 Å². The Bertz CT molecular complexity index is 608. The summed E-state index contributed by atoms with van der Waals surface area (Å²) < 4.78 is 2.36. The minimum Gasteiger partial charge on any atom is -0.481 e. The molecule has 0 atom stereocenters. The van der Waals surface area contributed by atoms with Crippen LogP contribution >= 0.6 is 0 Å². The lowest BCUT2D eigenvalue weighted by molar-refractivity contribution is -0.136. The number of para-hydroxylation sites is 1. The van der Waals surface area contributed by atoms with E-state index in [1.165, 1.54) is 42.3 Å². The van der Waals surface area contributed by atoms with Crippen LogP contribution in [-0.2, 0) is 17.8 Å². The van der Waals surface area contributed by atoms with Gasteiger partial charge in [0.05, 0.1) is 6.42 Å². The Morgan fingerprint density at radius 3 is 2.75 bits per heavy atom. The highest BCUT2D eigenvalue weighted by atomic mass is 16.4. The van der Waals surface area contributed by atoms with Crippen LogP contribution in [0.25, 0.3) is 10.9 Å². The van der Waals surface area contributed by atoms with Crippen molar-refractivity contribution in [1.29, 1.82) is 0 Å². The van der Waals surface area contributed by atoms with Crippen molar-refractivity contribution >= 4 is 16.9 Å². The quantitative estimate of drug-likeness (QED) is 0.897. The van der Waals surface area contributed by atoms with Crippen LogP contribution in [0.4, 0.5) is 0 Å². The van der Waals surface area contributed by atoms with E-state index in [1.54, 1.807) is 0 Å². The summed E-state index contributed by atoms with van der Waals surface area (Å²) in [6.07, 6.45) is 6.14. The number of hydrogen-bond acceptors (Lipinski definition) is 1. The fourth-order valence-corrected chi connectivity index (χ4v) is 3.38. The van der Waals surface area contributed by atoms with Gasteiger partial charge in [-0.05, 0) is 42.7 Å². The minimum absolute atomic E-state index is 0.209. The first-order valence-electron chi connectivity index (χ1n) is 7.53. The SMILES string of the molecule is O=C(O)CCc1cc2ccccc2n1CC1CCCC1. The molecule has 1 saturated carbocycles. The van der Waals surface area contributed by atoms with Gasteiger partial charge in [0.1, 0.15) is 0 Å². The molecule has 1 aromatic heterocycles. The summed E-state index contributed by atoms with van der Waals surface area (Å²) in [6.45, 7) is 1.04. The fraction of sp³-hybridized carbons (Fsp3) is 0.471. The first-order chi connectivity index (χ1) is 9.74. The summed E-state index contributed by atoms with van der Waals surface area (Å²) >= 11 is 0. The molecule has 0 amide bonds. The monoisotopic (exact) mass is 271 g/mol. The van der Waals surface area contributed by atoms with Crippen LogP contribution in [0.1, 0.15) is 37.8 Å². The number of fused-ring (bicyclic) bond motifs is 1. The van der Waals surface area contributed by atoms with Gasteiger partial charge in [-0.15, -0.1) is 0 Å². The van der Waals surface area contributed by atoms with Gasteiger partial charge in [-0.3, -0.25) is 4.79 Å². The second-order valence-electron chi connectivity index (χ2n) is 5.85. The van der Waals surface area contributed by atoms with Crippen molar-refractivity contribution in [2.45, 2.75) is 45.1 Å². The average molecular weight is 271 g/mol. The lowest BCUT2D eigenvalue weighted by Crippen LogP contribution is -2.11. The van der Waals surface area contributed by atoms with E-state index in [4.69, 9.17) is 5.11 Å². The number of carboxylic acid groups (broad SMARTS) is 1. The van der Waals surface area contributed by atoms with Crippen LogP contribution in [0.2, 0.25) is 0 Å². The van der Waals surface area contributed by atoms with E-state index in [0.717, 1.165) is 12.5 Å². The van der Waals surface area contributed by atoms with E-state index >= 15 is 0 Å². The van der Waals surface area contributed by atoms with Crippen LogP contribution in [0, 0.1) is 5.92 Å². The Balaban J connectivity index is 1.91. The van der Waals surface area contributed by atoms with E-state index in [9.17, 15) is 4.79 Å². The van der Waals surface area contributed by atoms with Gasteiger partial charge in [-0.2, -0.15) is 0 Å². The minimum atomic E-state index is -0.720. The average Bonchev–Trinajstić information content (AvgIpc) is 3.05. The van der Waals surface area contributed by atoms with Gasteiger partial charge in [0.25, 0.3) is 0 Å². The normalized spacial score (nSPS) is 16.0. The highest BCUT2D eigenvalue weighted by Crippen LogP contribution is 2.29. The molecular formula is C17H21NO2. The van der Waals surface area contributed by atoms with Gasteiger partial charge in [-0.25, -0.2) is 0 Å². The lowest BCUT2D eigenvalue weighted by Gasteiger charge is -2.15. The van der Waals surface area contributed by atoms with Crippen LogP contribution in [-0.4, -0.2) is 15.6 Å². The summed E-state index contributed by atoms with van der Waals surface area (Å²) in [5.74, 6) is 0.0389. The summed E-state index contributed by atoms with van der Waals surface area (Å²) in [5.41, 5.74) is 2.42. The molecule has 0 saturated heterocycles. The third-order valence-corrected chi connectivity index (χ3v) is 4.41. The number of benzene rings is 1. The zero-order valence-electron chi connectivity index (χ0n) is 11.7. The van der Waals surface area contributed by atoms with Crippen molar-refractivity contribution in [3.05, 3.63) is 36.0 Å². The maximum absolute atomic E-state index is 10.8. The fourth-order valence-electron chi connectivity index (χ4n) is 3.38. The predicted octanol–water partition coefficient (Wildman–Crippen LogP) is 3.85. The van der Waals surface area contributed by atoms with Crippen LogP contribution in [0.3, 0.4) is 0 Å². The van der Waals surface area contributed by atoms with Crippen molar-refractivity contribution in [3.8, 4) is 0 Å². The van der Waals surface area contributed by atoms with Gasteiger partial charge in [-0.1, -0.05) is 31.0 Å². The number of aryl methyl sites for hydroxylation is 1. The Labute approximate surface area is 119 Å². The molecule has 1 aromatic carbocycles. The Kier molecular flexibility index (Phi) is 3.77. The summed E-state index contributed by atoms with van der Waals surface area (Å²) in [7, 11) is 0. The molecule has 1 aliphatic rings. The molecule has 3 heteroatoms. The standard InChI is InChI=1S/C17H21NO2/c19-17(20)10-9-15-11-14-7-3-4-8-16(14)18(15)12-13-5-1-2-6-13/h3-4,7-8,11,13H,1-2,5-6,9-10,12H2,(H,19,20). The maximum atomic E-state index is 10.8. The highest BCUT2D eigenvalue weighted by molar-refractivity contribution is 5.81. The summed E-state index contributed by atoms with van der Waals surface area (Å²) in [6, 6.07) is 10.5. The first kappa shape index (κ1) is 13.2. The molecule has 0 bridgehead atoms. The Morgan fingerprint density at radius 1 is 1.25 bits per heavy atom. The molecule has 0 unspecified atom stereocenters. The van der Waals surface area contributed by atoms with E-state index in [1.807, 2.05) is 6.07 Å². The molecule has 3 rings (SSSR count). The molecule has 20 heavy (non-hydrogen) atoms. The summed E-state index contributed by atoms with van der Waals surface area (Å²) in [4.78, 5) is 10.8. The summed E-state index contributed by atoms with van der Waals surface area (Å²) in [5, 5.41) is 10.1. The number of hydrogen-bond donors (Lipinski definition) is 1. The van der Waals surface area contributed by atoms with Crippen molar-refractivity contribution in [1.82, 2.24) is 4.57 Å². The largest absolute Gasteiger partial charge is 0.481 e. The zero-order chi connectivity index (χ0) is 13.9. The molecule has 1 heterocycles. The molecule has 0 spiro atoms. The molecule has 1 fully saturated rings. The molecule has 3 nitrogen and oxygen atoms in total. The molecule has 1 aliphatic carbocycles. The van der Waals surface area contributed by atoms with Gasteiger partial charge in [0, 0.05) is 17.8 Å². The van der Waals surface area contributed by atoms with Crippen LogP contribution in [0.15, 0.2) is 30.3 Å².